The number of oxime groups is 1. The number of amidine groups is 1. The molecule has 3 N–H and O–H groups in total. The molecule has 0 amide bonds. The van der Waals surface area contributed by atoms with Gasteiger partial charge in [-0.3, -0.25) is 0 Å². The van der Waals surface area contributed by atoms with Crippen LogP contribution in [0, 0.1) is 0 Å². The van der Waals surface area contributed by atoms with Crippen molar-refractivity contribution in [3.8, 4) is 11.5 Å². The topological polar surface area (TPSA) is 77.1 Å². The predicted octanol–water partition coefficient (Wildman–Crippen LogP) is 2.46. The molecule has 6 heteroatoms. The fraction of sp³-hybridized carbons (Fsp3) is 0.462. The number of benzene rings is 1. The average Bonchev–Trinajstić information content (AvgIpc) is 2.68. The Morgan fingerprint density at radius 1 is 1.42 bits per heavy atom. The van der Waals surface area contributed by atoms with Crippen LogP contribution in [0.25, 0.3) is 0 Å². The van der Waals surface area contributed by atoms with Crippen LogP contribution >= 0.6 is 11.8 Å². The van der Waals surface area contributed by atoms with E-state index in [9.17, 15) is 0 Å². The Morgan fingerprint density at radius 3 is 2.84 bits per heavy atom. The smallest absolute Gasteiger partial charge is 0.162 e. The number of hydrogen-bond donors (Lipinski definition) is 2. The molecule has 1 unspecified atom stereocenters. The number of ether oxygens (including phenoxy) is 2. The highest BCUT2D eigenvalue weighted by Crippen LogP contribution is 2.35. The first-order valence-electron chi connectivity index (χ1n) is 6.28. The first-order valence-corrected chi connectivity index (χ1v) is 7.16. The van der Waals surface area contributed by atoms with Crippen molar-refractivity contribution in [3.05, 3.63) is 18.2 Å². The maximum absolute atomic E-state index is 8.75. The molecular formula is C13H18N2O3S. The van der Waals surface area contributed by atoms with Crippen molar-refractivity contribution in [1.82, 2.24) is 0 Å². The Hall–Kier alpha value is -1.56. The van der Waals surface area contributed by atoms with Crippen LogP contribution in [-0.4, -0.2) is 29.5 Å². The van der Waals surface area contributed by atoms with Crippen molar-refractivity contribution in [1.29, 1.82) is 0 Å². The first kappa shape index (κ1) is 13.9. The van der Waals surface area contributed by atoms with Gasteiger partial charge >= 0.3 is 0 Å². The Kier molecular flexibility index (Phi) is 4.79. The van der Waals surface area contributed by atoms with E-state index in [0.717, 1.165) is 29.2 Å². The van der Waals surface area contributed by atoms with Crippen LogP contribution in [0.15, 0.2) is 28.3 Å². The zero-order valence-electron chi connectivity index (χ0n) is 10.8. The van der Waals surface area contributed by atoms with Gasteiger partial charge in [-0.05, 0) is 24.6 Å². The monoisotopic (exact) mass is 282 g/mol. The molecule has 1 aromatic carbocycles. The van der Waals surface area contributed by atoms with Gasteiger partial charge in [0.05, 0.1) is 18.5 Å². The fourth-order valence-corrected chi connectivity index (χ4v) is 2.78. The Morgan fingerprint density at radius 2 is 2.16 bits per heavy atom. The van der Waals surface area contributed by atoms with Crippen molar-refractivity contribution >= 4 is 17.6 Å². The Bertz CT molecular complexity index is 465. The zero-order valence-corrected chi connectivity index (χ0v) is 11.7. The molecule has 0 spiro atoms. The van der Waals surface area contributed by atoms with Crippen LogP contribution in [0.1, 0.15) is 19.8 Å². The maximum atomic E-state index is 8.75. The molecule has 0 bridgehead atoms. The standard InChI is InChI=1S/C13H18N2O3S/c1-2-12(13(14)15-16)19-9-4-5-10-11(8-9)18-7-3-6-17-10/h4-5,8,12,16H,2-3,6-7H2,1H3,(H2,14,15). The molecule has 2 rings (SSSR count). The second kappa shape index (κ2) is 6.56. The van der Waals surface area contributed by atoms with E-state index in [1.165, 1.54) is 0 Å². The van der Waals surface area contributed by atoms with E-state index in [-0.39, 0.29) is 11.1 Å². The number of nitrogens with two attached hydrogens (primary N) is 1. The molecule has 19 heavy (non-hydrogen) atoms. The highest BCUT2D eigenvalue weighted by atomic mass is 32.2. The third-order valence-corrected chi connectivity index (χ3v) is 4.20. The van der Waals surface area contributed by atoms with Crippen LogP contribution in [-0.2, 0) is 0 Å². The van der Waals surface area contributed by atoms with E-state index < -0.39 is 0 Å². The van der Waals surface area contributed by atoms with Gasteiger partial charge in [0.25, 0.3) is 0 Å². The average molecular weight is 282 g/mol. The van der Waals surface area contributed by atoms with Crippen LogP contribution in [0.4, 0.5) is 0 Å². The quantitative estimate of drug-likeness (QED) is 0.292. The summed E-state index contributed by atoms with van der Waals surface area (Å²) in [5.74, 6) is 1.77. The number of thioether (sulfide) groups is 1. The number of nitrogens with zero attached hydrogens (tertiary/aromatic N) is 1. The Labute approximate surface area is 116 Å². The molecule has 1 aliphatic heterocycles. The van der Waals surface area contributed by atoms with E-state index in [1.807, 2.05) is 25.1 Å². The second-order valence-corrected chi connectivity index (χ2v) is 5.47. The van der Waals surface area contributed by atoms with Gasteiger partial charge in [-0.15, -0.1) is 11.8 Å². The molecule has 0 saturated heterocycles. The number of rotatable bonds is 4. The molecule has 1 atom stereocenters. The molecule has 0 aliphatic carbocycles. The van der Waals surface area contributed by atoms with Gasteiger partial charge in [-0.1, -0.05) is 12.1 Å². The third kappa shape index (κ3) is 3.47. The van der Waals surface area contributed by atoms with E-state index in [1.54, 1.807) is 11.8 Å². The van der Waals surface area contributed by atoms with Gasteiger partial charge in [0, 0.05) is 11.3 Å². The van der Waals surface area contributed by atoms with E-state index in [0.29, 0.717) is 13.2 Å². The first-order chi connectivity index (χ1) is 9.24. The van der Waals surface area contributed by atoms with Crippen molar-refractivity contribution in [2.45, 2.75) is 29.9 Å². The van der Waals surface area contributed by atoms with Crippen molar-refractivity contribution in [2.24, 2.45) is 10.9 Å². The van der Waals surface area contributed by atoms with Crippen LogP contribution < -0.4 is 15.2 Å². The highest BCUT2D eigenvalue weighted by molar-refractivity contribution is 8.00. The molecule has 1 aliphatic rings. The van der Waals surface area contributed by atoms with Crippen LogP contribution in [0.5, 0.6) is 11.5 Å². The zero-order chi connectivity index (χ0) is 13.7. The lowest BCUT2D eigenvalue weighted by atomic mass is 10.3. The van der Waals surface area contributed by atoms with Crippen molar-refractivity contribution < 1.29 is 14.7 Å². The van der Waals surface area contributed by atoms with Gasteiger partial charge < -0.3 is 20.4 Å². The van der Waals surface area contributed by atoms with E-state index in [2.05, 4.69) is 5.16 Å². The maximum Gasteiger partial charge on any atom is 0.162 e. The molecule has 0 aromatic heterocycles. The van der Waals surface area contributed by atoms with E-state index >= 15 is 0 Å². The molecule has 0 radical (unpaired) electrons. The second-order valence-electron chi connectivity index (χ2n) is 4.20. The molecule has 0 fully saturated rings. The summed E-state index contributed by atoms with van der Waals surface area (Å²) in [5.41, 5.74) is 5.66. The Balaban J connectivity index is 2.15. The summed E-state index contributed by atoms with van der Waals surface area (Å²) in [6.45, 7) is 3.35. The summed E-state index contributed by atoms with van der Waals surface area (Å²) in [5, 5.41) is 11.8. The summed E-state index contributed by atoms with van der Waals surface area (Å²) in [6, 6.07) is 5.81. The number of hydrogen-bond acceptors (Lipinski definition) is 5. The molecule has 0 saturated carbocycles. The van der Waals surface area contributed by atoms with Gasteiger partial charge in [0.15, 0.2) is 17.3 Å². The fourth-order valence-electron chi connectivity index (χ4n) is 1.80. The minimum Gasteiger partial charge on any atom is -0.490 e. The van der Waals surface area contributed by atoms with Crippen LogP contribution in [0.3, 0.4) is 0 Å². The lowest BCUT2D eigenvalue weighted by molar-refractivity contribution is 0.297. The summed E-state index contributed by atoms with van der Waals surface area (Å²) in [7, 11) is 0. The third-order valence-electron chi connectivity index (χ3n) is 2.81. The lowest BCUT2D eigenvalue weighted by Gasteiger charge is -2.14. The minimum atomic E-state index is -0.0465. The highest BCUT2D eigenvalue weighted by Gasteiger charge is 2.16. The molecule has 1 heterocycles. The molecular weight excluding hydrogens is 264 g/mol. The summed E-state index contributed by atoms with van der Waals surface area (Å²) in [4.78, 5) is 1.02. The summed E-state index contributed by atoms with van der Waals surface area (Å²) < 4.78 is 11.2. The molecule has 104 valence electrons. The SMILES string of the molecule is CCC(Sc1ccc2c(c1)OCCCO2)/C(N)=N/O. The van der Waals surface area contributed by atoms with Gasteiger partial charge in [-0.25, -0.2) is 0 Å². The largest absolute Gasteiger partial charge is 0.490 e. The molecule has 5 nitrogen and oxygen atoms in total. The van der Waals surface area contributed by atoms with E-state index in [4.69, 9.17) is 20.4 Å². The number of fused-ring (bicyclic) bond motifs is 1. The predicted molar refractivity (Wildman–Crippen MR) is 75.4 cm³/mol. The van der Waals surface area contributed by atoms with Crippen molar-refractivity contribution in [2.75, 3.05) is 13.2 Å². The summed E-state index contributed by atoms with van der Waals surface area (Å²) in [6.07, 6.45) is 1.67. The van der Waals surface area contributed by atoms with Gasteiger partial charge in [0.1, 0.15) is 0 Å². The van der Waals surface area contributed by atoms with Crippen LogP contribution in [0.2, 0.25) is 0 Å². The van der Waals surface area contributed by atoms with Gasteiger partial charge in [-0.2, -0.15) is 0 Å². The van der Waals surface area contributed by atoms with Gasteiger partial charge in [0.2, 0.25) is 0 Å². The summed E-state index contributed by atoms with van der Waals surface area (Å²) >= 11 is 1.55. The minimum absolute atomic E-state index is 0.0465. The van der Waals surface area contributed by atoms with Crippen molar-refractivity contribution in [3.63, 3.8) is 0 Å². The normalized spacial score (nSPS) is 16.8. The lowest BCUT2D eigenvalue weighted by Crippen LogP contribution is -2.25. The molecule has 1 aromatic rings.